The highest BCUT2D eigenvalue weighted by molar-refractivity contribution is 4.90. The minimum Gasteiger partial charge on any atom is -0.381 e. The fraction of sp³-hybridized carbons (Fsp3) is 1.00. The first-order valence-corrected chi connectivity index (χ1v) is 4.78. The van der Waals surface area contributed by atoms with Crippen LogP contribution < -0.4 is 5.84 Å². The van der Waals surface area contributed by atoms with Crippen LogP contribution in [-0.4, -0.2) is 31.3 Å². The van der Waals surface area contributed by atoms with E-state index in [4.69, 9.17) is 10.6 Å². The van der Waals surface area contributed by atoms with Crippen LogP contribution in [0.5, 0.6) is 0 Å². The Hall–Kier alpha value is -0.120. The standard InChI is InChI=1S/C9H18N2O/c1-8-4-9(2-3-12-7-9)6-11(10)5-8/h8H,2-7,10H2,1H3. The Labute approximate surface area is 73.8 Å². The number of hydrogen-bond acceptors (Lipinski definition) is 3. The van der Waals surface area contributed by atoms with Gasteiger partial charge in [0.1, 0.15) is 0 Å². The Morgan fingerprint density at radius 1 is 1.58 bits per heavy atom. The molecule has 0 aromatic heterocycles. The highest BCUT2D eigenvalue weighted by Gasteiger charge is 2.40. The zero-order chi connectivity index (χ0) is 8.60. The van der Waals surface area contributed by atoms with Crippen LogP contribution in [0.1, 0.15) is 19.8 Å². The molecule has 12 heavy (non-hydrogen) atoms. The number of nitrogens with two attached hydrogens (primary N) is 1. The lowest BCUT2D eigenvalue weighted by molar-refractivity contribution is 0.0411. The van der Waals surface area contributed by atoms with Crippen molar-refractivity contribution in [2.75, 3.05) is 26.3 Å². The predicted octanol–water partition coefficient (Wildman–Crippen LogP) is 0.609. The molecule has 0 saturated carbocycles. The highest BCUT2D eigenvalue weighted by Crippen LogP contribution is 2.38. The van der Waals surface area contributed by atoms with Crippen LogP contribution in [-0.2, 0) is 4.74 Å². The maximum Gasteiger partial charge on any atom is 0.0536 e. The lowest BCUT2D eigenvalue weighted by Gasteiger charge is -2.40. The molecule has 1 spiro atoms. The Morgan fingerprint density at radius 3 is 3.00 bits per heavy atom. The quantitative estimate of drug-likeness (QED) is 0.541. The summed E-state index contributed by atoms with van der Waals surface area (Å²) in [4.78, 5) is 0. The lowest BCUT2D eigenvalue weighted by Crippen LogP contribution is -2.50. The first-order chi connectivity index (χ1) is 5.70. The second-order valence-corrected chi connectivity index (χ2v) is 4.54. The summed E-state index contributed by atoms with van der Waals surface area (Å²) in [5.41, 5.74) is 0.395. The monoisotopic (exact) mass is 170 g/mol. The van der Waals surface area contributed by atoms with Gasteiger partial charge in [0, 0.05) is 25.1 Å². The Bertz CT molecular complexity index is 154. The number of piperidine rings is 1. The van der Waals surface area contributed by atoms with Gasteiger partial charge in [0.15, 0.2) is 0 Å². The maximum atomic E-state index is 5.86. The summed E-state index contributed by atoms with van der Waals surface area (Å²) in [6, 6.07) is 0. The molecule has 2 N–H and O–H groups in total. The number of hydrazine groups is 1. The Balaban J connectivity index is 2.04. The first kappa shape index (κ1) is 8.48. The van der Waals surface area contributed by atoms with Gasteiger partial charge in [-0.05, 0) is 18.8 Å². The van der Waals surface area contributed by atoms with Gasteiger partial charge < -0.3 is 4.74 Å². The average Bonchev–Trinajstić information content (AvgIpc) is 2.33. The molecule has 2 heterocycles. The van der Waals surface area contributed by atoms with E-state index >= 15 is 0 Å². The van der Waals surface area contributed by atoms with Crippen LogP contribution in [0.3, 0.4) is 0 Å². The van der Waals surface area contributed by atoms with Crippen molar-refractivity contribution in [1.29, 1.82) is 0 Å². The zero-order valence-corrected chi connectivity index (χ0v) is 7.75. The SMILES string of the molecule is CC1CN(N)CC2(CCOC2)C1. The van der Waals surface area contributed by atoms with Gasteiger partial charge in [0.05, 0.1) is 6.61 Å². The number of hydrogen-bond donors (Lipinski definition) is 1. The van der Waals surface area contributed by atoms with Crippen LogP contribution in [0.4, 0.5) is 0 Å². The molecular weight excluding hydrogens is 152 g/mol. The summed E-state index contributed by atoms with van der Waals surface area (Å²) < 4.78 is 5.45. The van der Waals surface area contributed by atoms with Gasteiger partial charge >= 0.3 is 0 Å². The van der Waals surface area contributed by atoms with E-state index in [2.05, 4.69) is 6.92 Å². The van der Waals surface area contributed by atoms with Crippen LogP contribution >= 0.6 is 0 Å². The Morgan fingerprint density at radius 2 is 2.42 bits per heavy atom. The second-order valence-electron chi connectivity index (χ2n) is 4.54. The third-order valence-corrected chi connectivity index (χ3v) is 3.05. The molecule has 0 aliphatic carbocycles. The molecule has 2 unspecified atom stereocenters. The maximum absolute atomic E-state index is 5.86. The minimum absolute atomic E-state index is 0.395. The summed E-state index contributed by atoms with van der Waals surface area (Å²) >= 11 is 0. The zero-order valence-electron chi connectivity index (χ0n) is 7.75. The molecule has 2 aliphatic heterocycles. The van der Waals surface area contributed by atoms with E-state index in [9.17, 15) is 0 Å². The predicted molar refractivity (Wildman–Crippen MR) is 47.4 cm³/mol. The van der Waals surface area contributed by atoms with Crippen molar-refractivity contribution in [3.05, 3.63) is 0 Å². The lowest BCUT2D eigenvalue weighted by atomic mass is 9.76. The summed E-state index contributed by atoms with van der Waals surface area (Å²) in [7, 11) is 0. The van der Waals surface area contributed by atoms with E-state index in [-0.39, 0.29) is 0 Å². The molecule has 70 valence electrons. The van der Waals surface area contributed by atoms with Gasteiger partial charge in [0.2, 0.25) is 0 Å². The summed E-state index contributed by atoms with van der Waals surface area (Å²) in [6.45, 7) is 6.20. The van der Waals surface area contributed by atoms with Crippen molar-refractivity contribution < 1.29 is 4.74 Å². The molecule has 3 nitrogen and oxygen atoms in total. The summed E-state index contributed by atoms with van der Waals surface area (Å²) in [6.07, 6.45) is 2.49. The Kier molecular flexibility index (Phi) is 2.10. The highest BCUT2D eigenvalue weighted by atomic mass is 16.5. The molecule has 0 amide bonds. The average molecular weight is 170 g/mol. The molecule has 0 aromatic carbocycles. The smallest absolute Gasteiger partial charge is 0.0536 e. The van der Waals surface area contributed by atoms with Crippen LogP contribution in [0, 0.1) is 11.3 Å². The van der Waals surface area contributed by atoms with E-state index in [1.165, 1.54) is 12.8 Å². The summed E-state index contributed by atoms with van der Waals surface area (Å²) in [5, 5.41) is 1.96. The number of nitrogens with zero attached hydrogens (tertiary/aromatic N) is 1. The van der Waals surface area contributed by atoms with E-state index in [0.29, 0.717) is 5.41 Å². The van der Waals surface area contributed by atoms with Crippen molar-refractivity contribution in [2.24, 2.45) is 17.2 Å². The molecule has 2 fully saturated rings. The topological polar surface area (TPSA) is 38.5 Å². The van der Waals surface area contributed by atoms with Crippen molar-refractivity contribution in [1.82, 2.24) is 5.01 Å². The molecule has 2 saturated heterocycles. The van der Waals surface area contributed by atoms with Gasteiger partial charge in [-0.1, -0.05) is 6.92 Å². The van der Waals surface area contributed by atoms with Gasteiger partial charge in [0.25, 0.3) is 0 Å². The van der Waals surface area contributed by atoms with Crippen LogP contribution in [0.15, 0.2) is 0 Å². The van der Waals surface area contributed by atoms with Gasteiger partial charge in [-0.2, -0.15) is 0 Å². The second kappa shape index (κ2) is 2.98. The van der Waals surface area contributed by atoms with E-state index in [0.717, 1.165) is 32.2 Å². The molecule has 2 atom stereocenters. The van der Waals surface area contributed by atoms with E-state index in [1.54, 1.807) is 0 Å². The molecular formula is C9H18N2O. The molecule has 3 heteroatoms. The van der Waals surface area contributed by atoms with E-state index in [1.807, 2.05) is 5.01 Å². The van der Waals surface area contributed by atoms with E-state index < -0.39 is 0 Å². The normalized spacial score (nSPS) is 44.0. The van der Waals surface area contributed by atoms with Crippen molar-refractivity contribution >= 4 is 0 Å². The van der Waals surface area contributed by atoms with Crippen molar-refractivity contribution in [2.45, 2.75) is 19.8 Å². The van der Waals surface area contributed by atoms with Crippen molar-refractivity contribution in [3.63, 3.8) is 0 Å². The van der Waals surface area contributed by atoms with Crippen LogP contribution in [0.2, 0.25) is 0 Å². The van der Waals surface area contributed by atoms with Crippen molar-refractivity contribution in [3.8, 4) is 0 Å². The third kappa shape index (κ3) is 1.49. The molecule has 2 aliphatic rings. The third-order valence-electron chi connectivity index (χ3n) is 3.05. The molecule has 0 radical (unpaired) electrons. The fourth-order valence-electron chi connectivity index (χ4n) is 2.70. The minimum atomic E-state index is 0.395. The number of rotatable bonds is 0. The number of ether oxygens (including phenoxy) is 1. The van der Waals surface area contributed by atoms with Crippen LogP contribution in [0.25, 0.3) is 0 Å². The largest absolute Gasteiger partial charge is 0.381 e. The molecule has 2 rings (SSSR count). The summed E-state index contributed by atoms with van der Waals surface area (Å²) in [5.74, 6) is 6.58. The van der Waals surface area contributed by atoms with Gasteiger partial charge in [-0.3, -0.25) is 5.84 Å². The van der Waals surface area contributed by atoms with Gasteiger partial charge in [-0.25, -0.2) is 5.01 Å². The fourth-order valence-corrected chi connectivity index (χ4v) is 2.70. The first-order valence-electron chi connectivity index (χ1n) is 4.78. The van der Waals surface area contributed by atoms with Gasteiger partial charge in [-0.15, -0.1) is 0 Å². The molecule has 0 bridgehead atoms. The molecule has 0 aromatic rings.